The van der Waals surface area contributed by atoms with E-state index in [1.54, 1.807) is 0 Å². The molecule has 3 N–H and O–H groups in total. The van der Waals surface area contributed by atoms with E-state index in [1.807, 2.05) is 36.5 Å². The second kappa shape index (κ2) is 6.94. The van der Waals surface area contributed by atoms with Crippen LogP contribution in [0.3, 0.4) is 0 Å². The summed E-state index contributed by atoms with van der Waals surface area (Å²) in [5, 5.41) is 11.6. The largest absolute Gasteiger partial charge is 0.334 e. The monoisotopic (exact) mass is 352 g/mol. The molecule has 0 saturated carbocycles. The maximum Gasteiger partial charge on any atom is 0.272 e. The van der Waals surface area contributed by atoms with E-state index in [-0.39, 0.29) is 24.4 Å². The van der Waals surface area contributed by atoms with Crippen LogP contribution in [0, 0.1) is 19.8 Å². The highest BCUT2D eigenvalue weighted by molar-refractivity contribution is 5.94. The van der Waals surface area contributed by atoms with Crippen molar-refractivity contribution >= 4 is 18.3 Å². The first-order valence-corrected chi connectivity index (χ1v) is 7.99. The van der Waals surface area contributed by atoms with Gasteiger partial charge in [-0.05, 0) is 45.7 Å². The molecule has 1 fully saturated rings. The van der Waals surface area contributed by atoms with Crippen molar-refractivity contribution in [3.05, 3.63) is 23.1 Å². The molecule has 2 aromatic rings. The lowest BCUT2D eigenvalue weighted by molar-refractivity contribution is 0.0737. The number of hydrogen-bond acceptors (Lipinski definition) is 4. The van der Waals surface area contributed by atoms with Crippen molar-refractivity contribution in [2.75, 3.05) is 13.1 Å². The molecule has 132 valence electrons. The van der Waals surface area contributed by atoms with Gasteiger partial charge >= 0.3 is 0 Å². The van der Waals surface area contributed by atoms with Gasteiger partial charge in [0.2, 0.25) is 0 Å². The van der Waals surface area contributed by atoms with Gasteiger partial charge in [0, 0.05) is 30.9 Å². The van der Waals surface area contributed by atoms with Gasteiger partial charge in [-0.3, -0.25) is 14.6 Å². The molecule has 0 spiro atoms. The lowest BCUT2D eigenvalue weighted by Gasteiger charge is -2.20. The second-order valence-electron chi connectivity index (χ2n) is 6.48. The fourth-order valence-corrected chi connectivity index (χ4v) is 3.45. The van der Waals surface area contributed by atoms with E-state index < -0.39 is 0 Å². The van der Waals surface area contributed by atoms with Crippen molar-refractivity contribution in [1.29, 1.82) is 0 Å². The van der Waals surface area contributed by atoms with Crippen molar-refractivity contribution < 1.29 is 4.79 Å². The number of likely N-dealkylation sites (tertiary alicyclic amines) is 1. The molecule has 0 aliphatic carbocycles. The number of hydrogen-bond donors (Lipinski definition) is 2. The number of aryl methyl sites for hydroxylation is 2. The summed E-state index contributed by atoms with van der Waals surface area (Å²) in [4.78, 5) is 14.6. The molecule has 1 aliphatic rings. The molecule has 0 aromatic carbocycles. The third-order valence-corrected chi connectivity index (χ3v) is 4.83. The first-order valence-electron chi connectivity index (χ1n) is 7.99. The van der Waals surface area contributed by atoms with Crippen molar-refractivity contribution in [3.8, 4) is 11.3 Å². The van der Waals surface area contributed by atoms with E-state index in [9.17, 15) is 4.79 Å². The zero-order chi connectivity index (χ0) is 16.7. The Bertz CT molecular complexity index is 737. The Balaban J connectivity index is 0.00000208. The molecular weight excluding hydrogens is 328 g/mol. The van der Waals surface area contributed by atoms with Gasteiger partial charge in [-0.15, -0.1) is 12.4 Å². The summed E-state index contributed by atoms with van der Waals surface area (Å²) < 4.78 is 1.83. The molecule has 2 atom stereocenters. The van der Waals surface area contributed by atoms with Crippen LogP contribution in [0.5, 0.6) is 0 Å². The van der Waals surface area contributed by atoms with Crippen molar-refractivity contribution in [1.82, 2.24) is 24.9 Å². The number of nitrogens with one attached hydrogen (secondary N) is 1. The maximum absolute atomic E-state index is 12.7. The molecular formula is C16H25ClN6O. The number of rotatable bonds is 3. The predicted molar refractivity (Wildman–Crippen MR) is 95.2 cm³/mol. The van der Waals surface area contributed by atoms with Crippen LogP contribution in [0.4, 0.5) is 0 Å². The number of aromatic amines is 1. The number of carbonyl (C=O) groups excluding carboxylic acids is 1. The lowest BCUT2D eigenvalue weighted by Crippen LogP contribution is -2.34. The average Bonchev–Trinajstić information content (AvgIpc) is 3.18. The molecule has 0 radical (unpaired) electrons. The molecule has 8 heteroatoms. The Morgan fingerprint density at radius 3 is 2.71 bits per heavy atom. The smallest absolute Gasteiger partial charge is 0.272 e. The van der Waals surface area contributed by atoms with Crippen molar-refractivity contribution in [2.24, 2.45) is 18.7 Å². The Morgan fingerprint density at radius 1 is 1.46 bits per heavy atom. The third kappa shape index (κ3) is 3.06. The number of nitrogens with zero attached hydrogens (tertiary/aromatic N) is 4. The average molecular weight is 353 g/mol. The molecule has 3 heterocycles. The topological polar surface area (TPSA) is 92.8 Å². The summed E-state index contributed by atoms with van der Waals surface area (Å²) in [7, 11) is 1.91. The van der Waals surface area contributed by atoms with Crippen LogP contribution in [0.2, 0.25) is 0 Å². The Labute approximate surface area is 148 Å². The van der Waals surface area contributed by atoms with Crippen LogP contribution in [0.15, 0.2) is 6.07 Å². The minimum absolute atomic E-state index is 0. The molecule has 7 nitrogen and oxygen atoms in total. The summed E-state index contributed by atoms with van der Waals surface area (Å²) in [5.74, 6) is 0.380. The Kier molecular flexibility index (Phi) is 5.35. The number of carbonyl (C=O) groups is 1. The minimum Gasteiger partial charge on any atom is -0.334 e. The van der Waals surface area contributed by atoms with Crippen LogP contribution in [-0.4, -0.2) is 49.9 Å². The third-order valence-electron chi connectivity index (χ3n) is 4.83. The molecule has 3 rings (SSSR count). The molecule has 1 amide bonds. The van der Waals surface area contributed by atoms with Crippen LogP contribution in [-0.2, 0) is 7.05 Å². The SMILES string of the molecule is Cc1nn(C)c(C)c1-c1cc(C(=O)N2CC(CN)CC2C)[nH]n1.Cl. The van der Waals surface area contributed by atoms with E-state index in [2.05, 4.69) is 22.2 Å². The molecule has 0 bridgehead atoms. The minimum atomic E-state index is -0.00797. The lowest BCUT2D eigenvalue weighted by atomic mass is 10.1. The molecule has 2 unspecified atom stereocenters. The highest BCUT2D eigenvalue weighted by Gasteiger charge is 2.33. The molecule has 2 aromatic heterocycles. The standard InChI is InChI=1S/C16H24N6O.ClH/c1-9-5-12(7-17)8-22(9)16(23)14-6-13(18-19-14)15-10(2)20-21(4)11(15)3;/h6,9,12H,5,7-8,17H2,1-4H3,(H,18,19);1H. The quantitative estimate of drug-likeness (QED) is 0.878. The summed E-state index contributed by atoms with van der Waals surface area (Å²) in [5.41, 5.74) is 9.96. The normalized spacial score (nSPS) is 20.3. The predicted octanol–water partition coefficient (Wildman–Crippen LogP) is 1.66. The number of halogens is 1. The van der Waals surface area contributed by atoms with Gasteiger partial charge in [0.15, 0.2) is 0 Å². The van der Waals surface area contributed by atoms with Crippen LogP contribution >= 0.6 is 12.4 Å². The number of H-pyrrole nitrogens is 1. The summed E-state index contributed by atoms with van der Waals surface area (Å²) in [6.07, 6.45) is 0.962. The molecule has 1 saturated heterocycles. The first kappa shape index (κ1) is 18.5. The second-order valence-corrected chi connectivity index (χ2v) is 6.48. The van der Waals surface area contributed by atoms with E-state index in [1.165, 1.54) is 0 Å². The van der Waals surface area contributed by atoms with E-state index in [4.69, 9.17) is 5.73 Å². The van der Waals surface area contributed by atoms with Gasteiger partial charge in [-0.2, -0.15) is 10.2 Å². The van der Waals surface area contributed by atoms with Gasteiger partial charge in [-0.1, -0.05) is 0 Å². The highest BCUT2D eigenvalue weighted by atomic mass is 35.5. The number of nitrogens with two attached hydrogens (primary N) is 1. The highest BCUT2D eigenvalue weighted by Crippen LogP contribution is 2.27. The van der Waals surface area contributed by atoms with Gasteiger partial charge in [-0.25, -0.2) is 0 Å². The fraction of sp³-hybridized carbons (Fsp3) is 0.562. The zero-order valence-corrected chi connectivity index (χ0v) is 15.4. The summed E-state index contributed by atoms with van der Waals surface area (Å²) in [6, 6.07) is 2.03. The van der Waals surface area contributed by atoms with Crippen molar-refractivity contribution in [3.63, 3.8) is 0 Å². The van der Waals surface area contributed by atoms with E-state index >= 15 is 0 Å². The summed E-state index contributed by atoms with van der Waals surface area (Å²) in [6.45, 7) is 7.36. The fourth-order valence-electron chi connectivity index (χ4n) is 3.45. The first-order chi connectivity index (χ1) is 10.9. The van der Waals surface area contributed by atoms with Gasteiger partial charge in [0.05, 0.1) is 11.4 Å². The Hall–Kier alpha value is -1.86. The van der Waals surface area contributed by atoms with Crippen LogP contribution < -0.4 is 5.73 Å². The van der Waals surface area contributed by atoms with Gasteiger partial charge in [0.25, 0.3) is 5.91 Å². The molecule has 1 aliphatic heterocycles. The van der Waals surface area contributed by atoms with Gasteiger partial charge in [0.1, 0.15) is 5.69 Å². The maximum atomic E-state index is 12.7. The summed E-state index contributed by atoms with van der Waals surface area (Å²) >= 11 is 0. The van der Waals surface area contributed by atoms with E-state index in [0.717, 1.165) is 35.6 Å². The molecule has 24 heavy (non-hydrogen) atoms. The zero-order valence-electron chi connectivity index (χ0n) is 14.5. The number of amides is 1. The Morgan fingerprint density at radius 2 is 2.17 bits per heavy atom. The van der Waals surface area contributed by atoms with Crippen LogP contribution in [0.1, 0.15) is 35.2 Å². The van der Waals surface area contributed by atoms with E-state index in [0.29, 0.717) is 18.2 Å². The van der Waals surface area contributed by atoms with Crippen LogP contribution in [0.25, 0.3) is 11.3 Å². The van der Waals surface area contributed by atoms with Crippen molar-refractivity contribution in [2.45, 2.75) is 33.2 Å². The van der Waals surface area contributed by atoms with Gasteiger partial charge < -0.3 is 10.6 Å². The number of aromatic nitrogens is 4.